The molecule has 2 N–H and O–H groups in total. The van der Waals surface area contributed by atoms with E-state index >= 15 is 0 Å². The van der Waals surface area contributed by atoms with E-state index in [0.29, 0.717) is 72.6 Å². The molecule has 11 nitrogen and oxygen atoms in total. The lowest BCUT2D eigenvalue weighted by Crippen LogP contribution is -2.38. The van der Waals surface area contributed by atoms with Gasteiger partial charge in [0.15, 0.2) is 0 Å². The molecule has 1 aliphatic rings. The fraction of sp³-hybridized carbons (Fsp3) is 0.324. The number of imidazole rings is 1. The number of halogens is 1. The Hall–Kier alpha value is -5.10. The molecule has 1 saturated heterocycles. The molecule has 0 bridgehead atoms. The van der Waals surface area contributed by atoms with Crippen molar-refractivity contribution in [1.82, 2.24) is 29.7 Å². The summed E-state index contributed by atoms with van der Waals surface area (Å²) in [6.07, 6.45) is 3.16. The Morgan fingerprint density at radius 3 is 2.70 bits per heavy atom. The topological polar surface area (TPSA) is 131 Å². The first-order chi connectivity index (χ1) is 22.3. The number of hydrogen-bond acceptors (Lipinski definition) is 8. The summed E-state index contributed by atoms with van der Waals surface area (Å²) in [5.41, 5.74) is 3.27. The number of aromatic nitrogens is 4. The molecule has 0 aliphatic carbocycles. The summed E-state index contributed by atoms with van der Waals surface area (Å²) in [5.74, 6) is -0.0986. The van der Waals surface area contributed by atoms with Gasteiger partial charge in [0, 0.05) is 31.2 Å². The van der Waals surface area contributed by atoms with Crippen LogP contribution >= 0.6 is 0 Å². The van der Waals surface area contributed by atoms with Gasteiger partial charge in [-0.25, -0.2) is 14.4 Å². The second-order valence-electron chi connectivity index (χ2n) is 11.3. The van der Waals surface area contributed by atoms with Crippen molar-refractivity contribution in [3.05, 3.63) is 88.2 Å². The Kier molecular flexibility index (Phi) is 9.06. The van der Waals surface area contributed by atoms with Crippen LogP contribution in [0.2, 0.25) is 0 Å². The molecule has 1 unspecified atom stereocenters. The van der Waals surface area contributed by atoms with Gasteiger partial charge in [0.2, 0.25) is 0 Å². The fourth-order valence-corrected chi connectivity index (χ4v) is 5.68. The summed E-state index contributed by atoms with van der Waals surface area (Å²) in [5, 5.41) is 3.45. The molecule has 2 aromatic heterocycles. The van der Waals surface area contributed by atoms with E-state index in [1.807, 2.05) is 16.4 Å². The predicted molar refractivity (Wildman–Crippen MR) is 171 cm³/mol. The van der Waals surface area contributed by atoms with Crippen LogP contribution in [0.1, 0.15) is 42.6 Å². The number of esters is 1. The number of H-pyrrole nitrogens is 1. The van der Waals surface area contributed by atoms with Crippen molar-refractivity contribution in [2.45, 2.75) is 39.3 Å². The summed E-state index contributed by atoms with van der Waals surface area (Å²) >= 11 is 0. The highest BCUT2D eigenvalue weighted by atomic mass is 19.1. The number of hydrogen-bond donors (Lipinski definition) is 2. The van der Waals surface area contributed by atoms with Gasteiger partial charge in [0.05, 0.1) is 53.6 Å². The summed E-state index contributed by atoms with van der Waals surface area (Å²) in [7, 11) is 0. The van der Waals surface area contributed by atoms with Gasteiger partial charge in [-0.05, 0) is 67.8 Å². The lowest BCUT2D eigenvalue weighted by Gasteiger charge is -2.17. The van der Waals surface area contributed by atoms with Crippen LogP contribution in [0, 0.1) is 5.82 Å². The van der Waals surface area contributed by atoms with Crippen molar-refractivity contribution in [2.75, 3.05) is 32.8 Å². The zero-order valence-corrected chi connectivity index (χ0v) is 25.7. The van der Waals surface area contributed by atoms with Gasteiger partial charge in [0.1, 0.15) is 17.4 Å². The second kappa shape index (κ2) is 13.5. The standard InChI is InChI=1S/C34H35FN6O5/c1-3-13-46-30-10-7-22(33(43)37-24-11-12-40(18-24)19-31(42)45-4-2)14-26(30)32-38-27-16-28-29(15-25(27)34(44)39-32)41(20-36-28)17-21-5-8-23(35)9-6-21/h5-10,14-16,20,24H,3-4,11-13,17-19H2,1-2H3,(H,37,43)(H,38,39,44). The summed E-state index contributed by atoms with van der Waals surface area (Å²) < 4.78 is 26.3. The van der Waals surface area contributed by atoms with Crippen LogP contribution in [0.5, 0.6) is 5.75 Å². The van der Waals surface area contributed by atoms with E-state index < -0.39 is 0 Å². The molecule has 1 amide bonds. The summed E-state index contributed by atoms with van der Waals surface area (Å²) in [6, 6.07) is 14.7. The minimum absolute atomic E-state index is 0.120. The third-order valence-corrected chi connectivity index (χ3v) is 7.94. The first-order valence-corrected chi connectivity index (χ1v) is 15.4. The van der Waals surface area contributed by atoms with Crippen LogP contribution in [0.25, 0.3) is 33.3 Å². The molecule has 3 aromatic carbocycles. The van der Waals surface area contributed by atoms with E-state index in [1.54, 1.807) is 55.7 Å². The van der Waals surface area contributed by atoms with Crippen LogP contribution in [-0.2, 0) is 16.1 Å². The minimum Gasteiger partial charge on any atom is -0.493 e. The maximum absolute atomic E-state index is 13.4. The van der Waals surface area contributed by atoms with Gasteiger partial charge in [0.25, 0.3) is 11.5 Å². The maximum atomic E-state index is 13.4. The molecule has 1 aliphatic heterocycles. The van der Waals surface area contributed by atoms with E-state index in [9.17, 15) is 18.8 Å². The highest BCUT2D eigenvalue weighted by Gasteiger charge is 2.26. The third kappa shape index (κ3) is 6.76. The second-order valence-corrected chi connectivity index (χ2v) is 11.3. The number of likely N-dealkylation sites (tertiary alicyclic amines) is 1. The zero-order valence-electron chi connectivity index (χ0n) is 25.7. The Labute approximate surface area is 264 Å². The van der Waals surface area contributed by atoms with Gasteiger partial charge >= 0.3 is 5.97 Å². The lowest BCUT2D eigenvalue weighted by atomic mass is 10.1. The zero-order chi connectivity index (χ0) is 32.2. The molecule has 6 rings (SSSR count). The van der Waals surface area contributed by atoms with E-state index in [1.165, 1.54) is 12.1 Å². The molecular weight excluding hydrogens is 591 g/mol. The Bertz CT molecular complexity index is 1950. The Balaban J connectivity index is 1.28. The number of nitrogens with one attached hydrogen (secondary N) is 2. The Morgan fingerprint density at radius 2 is 1.91 bits per heavy atom. The number of rotatable bonds is 11. The minimum atomic E-state index is -0.347. The molecule has 1 atom stereocenters. The van der Waals surface area contributed by atoms with Crippen LogP contribution in [-0.4, -0.2) is 75.2 Å². The summed E-state index contributed by atoms with van der Waals surface area (Å²) in [4.78, 5) is 52.8. The average molecular weight is 627 g/mol. The number of benzene rings is 3. The van der Waals surface area contributed by atoms with Crippen molar-refractivity contribution in [3.63, 3.8) is 0 Å². The van der Waals surface area contributed by atoms with E-state index in [-0.39, 0.29) is 41.7 Å². The highest BCUT2D eigenvalue weighted by Crippen LogP contribution is 2.30. The molecule has 12 heteroatoms. The van der Waals surface area contributed by atoms with Gasteiger partial charge in [-0.15, -0.1) is 0 Å². The third-order valence-electron chi connectivity index (χ3n) is 7.94. The van der Waals surface area contributed by atoms with Crippen LogP contribution in [0.15, 0.2) is 65.7 Å². The quantitative estimate of drug-likeness (QED) is 0.208. The molecule has 3 heterocycles. The predicted octanol–water partition coefficient (Wildman–Crippen LogP) is 4.28. The number of carbonyl (C=O) groups excluding carboxylic acids is 2. The molecular formula is C34H35FN6O5. The number of aromatic amines is 1. The Morgan fingerprint density at radius 1 is 1.09 bits per heavy atom. The maximum Gasteiger partial charge on any atom is 0.320 e. The number of fused-ring (bicyclic) bond motifs is 2. The highest BCUT2D eigenvalue weighted by molar-refractivity contribution is 5.97. The molecule has 238 valence electrons. The van der Waals surface area contributed by atoms with Gasteiger partial charge in [-0.3, -0.25) is 19.3 Å². The van der Waals surface area contributed by atoms with Gasteiger partial charge in [-0.2, -0.15) is 0 Å². The van der Waals surface area contributed by atoms with E-state index in [0.717, 1.165) is 17.5 Å². The van der Waals surface area contributed by atoms with Crippen molar-refractivity contribution in [3.8, 4) is 17.1 Å². The van der Waals surface area contributed by atoms with Crippen molar-refractivity contribution >= 4 is 33.8 Å². The van der Waals surface area contributed by atoms with Crippen molar-refractivity contribution in [2.24, 2.45) is 0 Å². The SMILES string of the molecule is CCCOc1ccc(C(=O)NC2CCN(CC(=O)OCC)C2)cc1-c1nc2cc3ncn(Cc4ccc(F)cc4)c3cc2c(=O)[nH]1. The lowest BCUT2D eigenvalue weighted by molar-refractivity contribution is -0.144. The first-order valence-electron chi connectivity index (χ1n) is 15.4. The average Bonchev–Trinajstić information content (AvgIpc) is 3.65. The van der Waals surface area contributed by atoms with Crippen LogP contribution in [0.4, 0.5) is 4.39 Å². The molecule has 5 aromatic rings. The van der Waals surface area contributed by atoms with Crippen LogP contribution in [0.3, 0.4) is 0 Å². The van der Waals surface area contributed by atoms with E-state index in [2.05, 4.69) is 15.3 Å². The number of carbonyl (C=O) groups is 2. The monoisotopic (exact) mass is 626 g/mol. The number of nitrogens with zero attached hydrogens (tertiary/aromatic N) is 4. The van der Waals surface area contributed by atoms with Gasteiger partial charge < -0.3 is 24.3 Å². The molecule has 0 spiro atoms. The first kappa shape index (κ1) is 30.9. The van der Waals surface area contributed by atoms with Crippen LogP contribution < -0.4 is 15.6 Å². The molecule has 1 fully saturated rings. The van der Waals surface area contributed by atoms with Crippen molar-refractivity contribution < 1.29 is 23.5 Å². The summed E-state index contributed by atoms with van der Waals surface area (Å²) in [6.45, 7) is 6.41. The molecule has 0 radical (unpaired) electrons. The molecule has 0 saturated carbocycles. The number of amides is 1. The fourth-order valence-electron chi connectivity index (χ4n) is 5.68. The van der Waals surface area contributed by atoms with Crippen molar-refractivity contribution in [1.29, 1.82) is 0 Å². The van der Waals surface area contributed by atoms with Gasteiger partial charge in [-0.1, -0.05) is 19.1 Å². The normalized spacial score (nSPS) is 15.0. The smallest absolute Gasteiger partial charge is 0.320 e. The molecule has 46 heavy (non-hydrogen) atoms. The number of ether oxygens (including phenoxy) is 2. The van der Waals surface area contributed by atoms with E-state index in [4.69, 9.17) is 14.5 Å². The largest absolute Gasteiger partial charge is 0.493 e.